The van der Waals surface area contributed by atoms with Gasteiger partial charge in [0.2, 0.25) is 6.29 Å². The van der Waals surface area contributed by atoms with E-state index in [2.05, 4.69) is 4.98 Å². The summed E-state index contributed by atoms with van der Waals surface area (Å²) in [5.74, 6) is -2.70. The van der Waals surface area contributed by atoms with E-state index in [0.717, 1.165) is 5.52 Å². The van der Waals surface area contributed by atoms with E-state index in [1.165, 1.54) is 19.4 Å². The van der Waals surface area contributed by atoms with Crippen molar-refractivity contribution in [2.75, 3.05) is 7.11 Å². The number of carbonyl (C=O) groups excluding carboxylic acids is 1. The number of nitrogens with zero attached hydrogens (tertiary/aromatic N) is 2. The lowest BCUT2D eigenvalue weighted by Crippen LogP contribution is -2.40. The molecule has 5 rings (SSSR count). The highest BCUT2D eigenvalue weighted by Crippen LogP contribution is 2.47. The molecule has 0 bridgehead atoms. The standard InChI is InChI=1S/C22H20N2O7/c1-9-18-12(14(21(28)30-2)8-31-22(18)29)6-15-19-13(7-16(23-15)20(26)27)11-5-10(25)3-4-17(11)24(9)19/h3-5,7-9,12,18,22,25,29H,6H2,1-2H3,(H,26,27). The monoisotopic (exact) mass is 424 g/mol. The van der Waals surface area contributed by atoms with Gasteiger partial charge in [-0.25, -0.2) is 14.6 Å². The van der Waals surface area contributed by atoms with Crippen molar-refractivity contribution in [1.82, 2.24) is 9.55 Å². The molecule has 2 aromatic heterocycles. The molecule has 4 heterocycles. The number of hydrogen-bond acceptors (Lipinski definition) is 7. The number of aromatic nitrogens is 2. The molecule has 0 amide bonds. The van der Waals surface area contributed by atoms with E-state index >= 15 is 0 Å². The van der Waals surface area contributed by atoms with E-state index in [1.54, 1.807) is 18.2 Å². The molecule has 4 unspecified atom stereocenters. The van der Waals surface area contributed by atoms with Crippen molar-refractivity contribution in [3.8, 4) is 5.75 Å². The first-order valence-corrected chi connectivity index (χ1v) is 9.83. The average molecular weight is 424 g/mol. The van der Waals surface area contributed by atoms with E-state index in [9.17, 15) is 24.9 Å². The summed E-state index contributed by atoms with van der Waals surface area (Å²) in [7, 11) is 1.27. The summed E-state index contributed by atoms with van der Waals surface area (Å²) in [6.45, 7) is 1.91. The highest BCUT2D eigenvalue weighted by Gasteiger charge is 2.45. The Hall–Kier alpha value is -3.59. The number of carboxylic acids is 1. The van der Waals surface area contributed by atoms with Crippen LogP contribution in [0.4, 0.5) is 0 Å². The largest absolute Gasteiger partial charge is 0.508 e. The number of benzene rings is 1. The maximum atomic E-state index is 12.4. The molecule has 2 aliphatic rings. The Balaban J connectivity index is 1.86. The lowest BCUT2D eigenvalue weighted by atomic mass is 9.77. The number of aromatic hydroxyl groups is 1. The number of aliphatic hydroxyl groups excluding tert-OH is 1. The van der Waals surface area contributed by atoms with Gasteiger partial charge in [0.1, 0.15) is 11.4 Å². The van der Waals surface area contributed by atoms with Crippen LogP contribution in [0.3, 0.4) is 0 Å². The molecule has 9 nitrogen and oxygen atoms in total. The van der Waals surface area contributed by atoms with Gasteiger partial charge in [-0.05, 0) is 37.6 Å². The Morgan fingerprint density at radius 1 is 1.26 bits per heavy atom. The van der Waals surface area contributed by atoms with Gasteiger partial charge in [0.15, 0.2) is 0 Å². The number of aliphatic hydroxyl groups is 1. The Labute approximate surface area is 176 Å². The van der Waals surface area contributed by atoms with Gasteiger partial charge < -0.3 is 29.4 Å². The van der Waals surface area contributed by atoms with Gasteiger partial charge in [0.05, 0.1) is 30.2 Å². The van der Waals surface area contributed by atoms with Crippen molar-refractivity contribution in [3.05, 3.63) is 47.5 Å². The number of carbonyl (C=O) groups is 2. The number of rotatable bonds is 2. The lowest BCUT2D eigenvalue weighted by Gasteiger charge is -2.37. The van der Waals surface area contributed by atoms with Crippen LogP contribution in [0.1, 0.15) is 29.1 Å². The average Bonchev–Trinajstić information content (AvgIpc) is 2.99. The van der Waals surface area contributed by atoms with Crippen LogP contribution in [-0.2, 0) is 20.7 Å². The number of ether oxygens (including phenoxy) is 2. The second-order valence-corrected chi connectivity index (χ2v) is 7.95. The summed E-state index contributed by atoms with van der Waals surface area (Å²) in [6, 6.07) is 6.04. The normalized spacial score (nSPS) is 24.8. The zero-order valence-corrected chi connectivity index (χ0v) is 16.8. The highest BCUT2D eigenvalue weighted by molar-refractivity contribution is 6.11. The predicted molar refractivity (Wildman–Crippen MR) is 108 cm³/mol. The molecule has 3 N–H and O–H groups in total. The maximum absolute atomic E-state index is 12.4. The minimum absolute atomic E-state index is 0.0568. The van der Waals surface area contributed by atoms with Crippen molar-refractivity contribution in [2.45, 2.75) is 25.7 Å². The lowest BCUT2D eigenvalue weighted by molar-refractivity contribution is -0.147. The number of fused-ring (bicyclic) bond motifs is 4. The van der Waals surface area contributed by atoms with Gasteiger partial charge in [0, 0.05) is 34.2 Å². The fourth-order valence-electron chi connectivity index (χ4n) is 5.06. The van der Waals surface area contributed by atoms with Crippen LogP contribution in [0.5, 0.6) is 5.75 Å². The van der Waals surface area contributed by atoms with E-state index in [-0.39, 0.29) is 29.5 Å². The molecule has 0 spiro atoms. The minimum Gasteiger partial charge on any atom is -0.508 e. The predicted octanol–water partition coefficient (Wildman–Crippen LogP) is 2.35. The smallest absolute Gasteiger partial charge is 0.354 e. The van der Waals surface area contributed by atoms with Crippen LogP contribution in [-0.4, -0.2) is 50.2 Å². The Morgan fingerprint density at radius 3 is 2.74 bits per heavy atom. The van der Waals surface area contributed by atoms with Gasteiger partial charge in [-0.2, -0.15) is 0 Å². The summed E-state index contributed by atoms with van der Waals surface area (Å²) in [5.41, 5.74) is 2.10. The molecule has 31 heavy (non-hydrogen) atoms. The first kappa shape index (κ1) is 19.4. The van der Waals surface area contributed by atoms with E-state index in [0.29, 0.717) is 22.0 Å². The van der Waals surface area contributed by atoms with Crippen LogP contribution >= 0.6 is 0 Å². The number of pyridine rings is 1. The number of carboxylic acid groups (broad SMARTS) is 1. The number of phenols is 1. The molecule has 1 aromatic carbocycles. The zero-order chi connectivity index (χ0) is 22.0. The number of hydrogen-bond donors (Lipinski definition) is 3. The maximum Gasteiger partial charge on any atom is 0.354 e. The molecule has 4 atom stereocenters. The van der Waals surface area contributed by atoms with E-state index in [1.807, 2.05) is 11.5 Å². The number of esters is 1. The van der Waals surface area contributed by atoms with Crippen LogP contribution in [0.15, 0.2) is 36.1 Å². The molecule has 0 saturated carbocycles. The molecular weight excluding hydrogens is 404 g/mol. The van der Waals surface area contributed by atoms with Crippen molar-refractivity contribution >= 4 is 33.7 Å². The highest BCUT2D eigenvalue weighted by atomic mass is 16.6. The third-order valence-electron chi connectivity index (χ3n) is 6.38. The fraction of sp³-hybridized carbons (Fsp3) is 0.318. The van der Waals surface area contributed by atoms with E-state index < -0.39 is 30.1 Å². The topological polar surface area (TPSA) is 131 Å². The summed E-state index contributed by atoms with van der Waals surface area (Å²) in [4.78, 5) is 28.6. The third-order valence-corrected chi connectivity index (χ3v) is 6.38. The van der Waals surface area contributed by atoms with Crippen molar-refractivity contribution < 1.29 is 34.4 Å². The second-order valence-electron chi connectivity index (χ2n) is 7.95. The summed E-state index contributed by atoms with van der Waals surface area (Å²) < 4.78 is 12.3. The SMILES string of the molecule is COC(=O)C1=COC(O)C2C1Cc1nc(C(=O)O)cc3c4cc(O)ccc4n(c13)C2C. The van der Waals surface area contributed by atoms with Gasteiger partial charge >= 0.3 is 11.9 Å². The summed E-state index contributed by atoms with van der Waals surface area (Å²) >= 11 is 0. The van der Waals surface area contributed by atoms with Crippen LogP contribution < -0.4 is 0 Å². The number of methoxy groups -OCH3 is 1. The molecule has 0 saturated heterocycles. The molecule has 9 heteroatoms. The van der Waals surface area contributed by atoms with Gasteiger partial charge in [-0.15, -0.1) is 0 Å². The first-order chi connectivity index (χ1) is 14.8. The Morgan fingerprint density at radius 2 is 2.03 bits per heavy atom. The van der Waals surface area contributed by atoms with E-state index in [4.69, 9.17) is 9.47 Å². The molecule has 0 radical (unpaired) electrons. The first-order valence-electron chi connectivity index (χ1n) is 9.83. The minimum atomic E-state index is -1.18. The van der Waals surface area contributed by atoms with Crippen LogP contribution in [0.25, 0.3) is 21.8 Å². The van der Waals surface area contributed by atoms with Crippen molar-refractivity contribution in [2.24, 2.45) is 11.8 Å². The zero-order valence-electron chi connectivity index (χ0n) is 16.8. The Bertz CT molecular complexity index is 1290. The molecule has 3 aromatic rings. The van der Waals surface area contributed by atoms with Crippen LogP contribution in [0.2, 0.25) is 0 Å². The van der Waals surface area contributed by atoms with Crippen molar-refractivity contribution in [1.29, 1.82) is 0 Å². The molecule has 160 valence electrons. The third kappa shape index (κ3) is 2.70. The molecule has 0 aliphatic carbocycles. The summed E-state index contributed by atoms with van der Waals surface area (Å²) in [6.07, 6.45) is 0.265. The second kappa shape index (κ2) is 6.71. The molecule has 2 aliphatic heterocycles. The summed E-state index contributed by atoms with van der Waals surface area (Å²) in [5, 5.41) is 31.7. The molecular formula is C22H20N2O7. The van der Waals surface area contributed by atoms with Crippen molar-refractivity contribution in [3.63, 3.8) is 0 Å². The van der Waals surface area contributed by atoms with Gasteiger partial charge in [-0.1, -0.05) is 0 Å². The quantitative estimate of drug-likeness (QED) is 0.534. The Kier molecular flexibility index (Phi) is 4.19. The molecule has 0 fully saturated rings. The number of aromatic carboxylic acids is 1. The van der Waals surface area contributed by atoms with Gasteiger partial charge in [0.25, 0.3) is 0 Å². The fourth-order valence-corrected chi connectivity index (χ4v) is 5.06. The van der Waals surface area contributed by atoms with Gasteiger partial charge in [-0.3, -0.25) is 0 Å². The van der Waals surface area contributed by atoms with Crippen LogP contribution in [0, 0.1) is 11.8 Å². The number of phenolic OH excluding ortho intramolecular Hbond substituents is 1.